The van der Waals surface area contributed by atoms with E-state index in [4.69, 9.17) is 16.3 Å². The molecule has 0 unspecified atom stereocenters. The molecule has 1 amide bonds. The van der Waals surface area contributed by atoms with E-state index < -0.39 is 15.9 Å². The average Bonchev–Trinajstić information content (AvgIpc) is 2.63. The Morgan fingerprint density at radius 3 is 2.52 bits per heavy atom. The summed E-state index contributed by atoms with van der Waals surface area (Å²) in [6, 6.07) is 11.4. The molecule has 0 saturated heterocycles. The summed E-state index contributed by atoms with van der Waals surface area (Å²) in [6.45, 7) is 5.96. The van der Waals surface area contributed by atoms with Gasteiger partial charge in [-0.3, -0.25) is 4.79 Å². The molecule has 2 aromatic carbocycles. The first kappa shape index (κ1) is 21.2. The van der Waals surface area contributed by atoms with Gasteiger partial charge in [-0.05, 0) is 42.8 Å². The third-order valence-electron chi connectivity index (χ3n) is 3.91. The van der Waals surface area contributed by atoms with Gasteiger partial charge in [-0.1, -0.05) is 37.6 Å². The Hall–Kier alpha value is -2.09. The van der Waals surface area contributed by atoms with Crippen molar-refractivity contribution < 1.29 is 17.9 Å². The van der Waals surface area contributed by atoms with Gasteiger partial charge in [0.25, 0.3) is 5.91 Å². The summed E-state index contributed by atoms with van der Waals surface area (Å²) in [6.07, 6.45) is 0. The van der Waals surface area contributed by atoms with Crippen molar-refractivity contribution in [3.8, 4) is 5.75 Å². The molecule has 0 aromatic heterocycles. The number of carbonyl (C=O) groups excluding carboxylic acids is 1. The summed E-state index contributed by atoms with van der Waals surface area (Å²) in [5.74, 6) is 0.00892. The fraction of sp³-hybridized carbons (Fsp3) is 0.316. The summed E-state index contributed by atoms with van der Waals surface area (Å²) in [4.78, 5) is 12.3. The number of benzene rings is 2. The standard InChI is InChI=1S/C19H23ClN2O4S/c1-4-22(5-2)27(24,25)16-8-6-7-15(12-16)21-19(23)13-26-18-11-14(3)9-10-17(18)20/h6-12H,4-5,13H2,1-3H3,(H,21,23). The number of aryl methyl sites for hydroxylation is 1. The monoisotopic (exact) mass is 410 g/mol. The number of nitrogens with zero attached hydrogens (tertiary/aromatic N) is 1. The zero-order valence-electron chi connectivity index (χ0n) is 15.5. The Balaban J connectivity index is 2.07. The van der Waals surface area contributed by atoms with Crippen LogP contribution in [-0.2, 0) is 14.8 Å². The topological polar surface area (TPSA) is 75.7 Å². The second kappa shape index (κ2) is 9.21. The SMILES string of the molecule is CCN(CC)S(=O)(=O)c1cccc(NC(=O)COc2cc(C)ccc2Cl)c1. The summed E-state index contributed by atoms with van der Waals surface area (Å²) >= 11 is 6.04. The number of amides is 1. The van der Waals surface area contributed by atoms with Gasteiger partial charge in [0, 0.05) is 18.8 Å². The third-order valence-corrected chi connectivity index (χ3v) is 6.26. The molecular weight excluding hydrogens is 388 g/mol. The van der Waals surface area contributed by atoms with Crippen LogP contribution in [0.2, 0.25) is 5.02 Å². The Kier molecular flexibility index (Phi) is 7.24. The van der Waals surface area contributed by atoms with Crippen molar-refractivity contribution in [1.82, 2.24) is 4.31 Å². The van der Waals surface area contributed by atoms with Crippen molar-refractivity contribution in [2.45, 2.75) is 25.7 Å². The molecular formula is C19H23ClN2O4S. The number of sulfonamides is 1. The van der Waals surface area contributed by atoms with Crippen molar-refractivity contribution in [3.05, 3.63) is 53.1 Å². The molecule has 0 heterocycles. The van der Waals surface area contributed by atoms with Crippen LogP contribution >= 0.6 is 11.6 Å². The number of nitrogens with one attached hydrogen (secondary N) is 1. The number of hydrogen-bond acceptors (Lipinski definition) is 4. The van der Waals surface area contributed by atoms with Crippen LogP contribution in [0.4, 0.5) is 5.69 Å². The smallest absolute Gasteiger partial charge is 0.262 e. The van der Waals surface area contributed by atoms with Crippen LogP contribution in [0.15, 0.2) is 47.4 Å². The molecule has 0 spiro atoms. The maximum absolute atomic E-state index is 12.6. The molecule has 0 radical (unpaired) electrons. The van der Waals surface area contributed by atoms with Gasteiger partial charge in [0.05, 0.1) is 9.92 Å². The highest BCUT2D eigenvalue weighted by atomic mass is 35.5. The van der Waals surface area contributed by atoms with Gasteiger partial charge in [0.2, 0.25) is 10.0 Å². The summed E-state index contributed by atoms with van der Waals surface area (Å²) in [5.41, 5.74) is 1.34. The normalized spacial score (nSPS) is 11.4. The lowest BCUT2D eigenvalue weighted by molar-refractivity contribution is -0.118. The highest BCUT2D eigenvalue weighted by molar-refractivity contribution is 7.89. The third kappa shape index (κ3) is 5.45. The van der Waals surface area contributed by atoms with Crippen LogP contribution in [-0.4, -0.2) is 38.3 Å². The number of hydrogen-bond donors (Lipinski definition) is 1. The van der Waals surface area contributed by atoms with E-state index >= 15 is 0 Å². The van der Waals surface area contributed by atoms with E-state index in [2.05, 4.69) is 5.32 Å². The van der Waals surface area contributed by atoms with Crippen LogP contribution < -0.4 is 10.1 Å². The molecule has 2 rings (SSSR count). The molecule has 0 fully saturated rings. The minimum absolute atomic E-state index is 0.131. The maximum atomic E-state index is 12.6. The van der Waals surface area contributed by atoms with Gasteiger partial charge in [-0.15, -0.1) is 0 Å². The van der Waals surface area contributed by atoms with Gasteiger partial charge < -0.3 is 10.1 Å². The molecule has 0 atom stereocenters. The molecule has 27 heavy (non-hydrogen) atoms. The maximum Gasteiger partial charge on any atom is 0.262 e. The first-order valence-corrected chi connectivity index (χ1v) is 10.4. The summed E-state index contributed by atoms with van der Waals surface area (Å²) in [7, 11) is -3.59. The lowest BCUT2D eigenvalue weighted by Gasteiger charge is -2.18. The molecule has 2 aromatic rings. The average molecular weight is 411 g/mol. The number of carbonyl (C=O) groups is 1. The van der Waals surface area contributed by atoms with Crippen molar-refractivity contribution >= 4 is 33.2 Å². The molecule has 0 aliphatic rings. The van der Waals surface area contributed by atoms with Gasteiger partial charge >= 0.3 is 0 Å². The minimum atomic E-state index is -3.59. The van der Waals surface area contributed by atoms with Gasteiger partial charge in [0.1, 0.15) is 5.75 Å². The van der Waals surface area contributed by atoms with Crippen LogP contribution in [0.1, 0.15) is 19.4 Å². The van der Waals surface area contributed by atoms with E-state index in [1.165, 1.54) is 16.4 Å². The lowest BCUT2D eigenvalue weighted by Crippen LogP contribution is -2.30. The number of rotatable bonds is 8. The minimum Gasteiger partial charge on any atom is -0.482 e. The zero-order valence-corrected chi connectivity index (χ0v) is 17.1. The zero-order chi connectivity index (χ0) is 20.0. The van der Waals surface area contributed by atoms with Crippen LogP contribution in [0, 0.1) is 6.92 Å². The second-order valence-electron chi connectivity index (χ2n) is 5.89. The lowest BCUT2D eigenvalue weighted by atomic mass is 10.2. The van der Waals surface area contributed by atoms with Crippen molar-refractivity contribution in [1.29, 1.82) is 0 Å². The molecule has 1 N–H and O–H groups in total. The highest BCUT2D eigenvalue weighted by Crippen LogP contribution is 2.25. The Morgan fingerprint density at radius 1 is 1.15 bits per heavy atom. The predicted octanol–water partition coefficient (Wildman–Crippen LogP) is 3.70. The largest absolute Gasteiger partial charge is 0.482 e. The molecule has 0 saturated carbocycles. The number of halogens is 1. The van der Waals surface area contributed by atoms with Gasteiger partial charge in [0.15, 0.2) is 6.61 Å². The highest BCUT2D eigenvalue weighted by Gasteiger charge is 2.21. The molecule has 0 bridgehead atoms. The van der Waals surface area contributed by atoms with Crippen molar-refractivity contribution in [3.63, 3.8) is 0 Å². The van der Waals surface area contributed by atoms with E-state index in [0.29, 0.717) is 29.5 Å². The molecule has 146 valence electrons. The number of anilines is 1. The Bertz CT molecular complexity index is 912. The van der Waals surface area contributed by atoms with Gasteiger partial charge in [-0.2, -0.15) is 4.31 Å². The Morgan fingerprint density at radius 2 is 1.85 bits per heavy atom. The first-order chi connectivity index (χ1) is 12.8. The predicted molar refractivity (Wildman–Crippen MR) is 107 cm³/mol. The second-order valence-corrected chi connectivity index (χ2v) is 8.23. The Labute approximate surface area is 165 Å². The molecule has 8 heteroatoms. The van der Waals surface area contributed by atoms with Crippen molar-refractivity contribution in [2.75, 3.05) is 25.0 Å². The van der Waals surface area contributed by atoms with E-state index in [9.17, 15) is 13.2 Å². The summed E-state index contributed by atoms with van der Waals surface area (Å²) < 4.78 is 32.0. The van der Waals surface area contributed by atoms with E-state index in [0.717, 1.165) is 5.56 Å². The molecule has 0 aliphatic heterocycles. The summed E-state index contributed by atoms with van der Waals surface area (Å²) in [5, 5.41) is 3.06. The molecule has 6 nitrogen and oxygen atoms in total. The quantitative estimate of drug-likeness (QED) is 0.720. The van der Waals surface area contributed by atoms with Gasteiger partial charge in [-0.25, -0.2) is 8.42 Å². The number of ether oxygens (including phenoxy) is 1. The fourth-order valence-electron chi connectivity index (χ4n) is 2.51. The van der Waals surface area contributed by atoms with E-state index in [1.54, 1.807) is 38.1 Å². The molecule has 0 aliphatic carbocycles. The van der Waals surface area contributed by atoms with E-state index in [-0.39, 0.29) is 11.5 Å². The first-order valence-electron chi connectivity index (χ1n) is 8.57. The van der Waals surface area contributed by atoms with E-state index in [1.807, 2.05) is 13.0 Å². The van der Waals surface area contributed by atoms with Crippen LogP contribution in [0.25, 0.3) is 0 Å². The fourth-order valence-corrected chi connectivity index (χ4v) is 4.18. The van der Waals surface area contributed by atoms with Crippen LogP contribution in [0.5, 0.6) is 5.75 Å². The van der Waals surface area contributed by atoms with Crippen molar-refractivity contribution in [2.24, 2.45) is 0 Å². The van der Waals surface area contributed by atoms with Crippen LogP contribution in [0.3, 0.4) is 0 Å².